The van der Waals surface area contributed by atoms with Crippen LogP contribution in [0.4, 0.5) is 13.2 Å². The van der Waals surface area contributed by atoms with E-state index in [1.54, 1.807) is 6.07 Å². The van der Waals surface area contributed by atoms with E-state index in [0.717, 1.165) is 27.8 Å². The third-order valence-corrected chi connectivity index (χ3v) is 5.01. The normalized spacial score (nSPS) is 11.6. The maximum absolute atomic E-state index is 12.7. The number of alkyl halides is 3. The van der Waals surface area contributed by atoms with Gasteiger partial charge >= 0.3 is 12.1 Å². The molecule has 0 unspecified atom stereocenters. The minimum Gasteiger partial charge on any atom is -0.487 e. The predicted molar refractivity (Wildman–Crippen MR) is 93.7 cm³/mol. The fraction of sp³-hybridized carbons (Fsp3) is 0.211. The van der Waals surface area contributed by atoms with Gasteiger partial charge in [-0.25, -0.2) is 4.79 Å². The van der Waals surface area contributed by atoms with E-state index < -0.39 is 17.7 Å². The second-order valence-corrected chi connectivity index (χ2v) is 6.62. The van der Waals surface area contributed by atoms with Crippen LogP contribution in [0.2, 0.25) is 0 Å². The summed E-state index contributed by atoms with van der Waals surface area (Å²) in [5.74, 6) is -0.145. The van der Waals surface area contributed by atoms with Gasteiger partial charge < -0.3 is 9.47 Å². The van der Waals surface area contributed by atoms with Gasteiger partial charge in [0.05, 0.1) is 12.7 Å². The number of carbonyl (C=O) groups is 1. The van der Waals surface area contributed by atoms with E-state index in [2.05, 4.69) is 0 Å². The topological polar surface area (TPSA) is 35.5 Å². The van der Waals surface area contributed by atoms with E-state index in [1.165, 1.54) is 30.6 Å². The molecule has 3 rings (SSSR count). The highest BCUT2D eigenvalue weighted by molar-refractivity contribution is 7.17. The van der Waals surface area contributed by atoms with Crippen molar-refractivity contribution in [2.45, 2.75) is 19.7 Å². The van der Waals surface area contributed by atoms with Crippen LogP contribution in [-0.4, -0.2) is 13.1 Å². The van der Waals surface area contributed by atoms with Gasteiger partial charge in [0.25, 0.3) is 0 Å². The van der Waals surface area contributed by atoms with Gasteiger partial charge in [0.15, 0.2) is 0 Å². The molecule has 26 heavy (non-hydrogen) atoms. The number of hydrogen-bond acceptors (Lipinski definition) is 4. The van der Waals surface area contributed by atoms with Crippen molar-refractivity contribution in [1.29, 1.82) is 0 Å². The Morgan fingerprint density at radius 2 is 1.81 bits per heavy atom. The number of halogens is 3. The molecule has 0 fully saturated rings. The molecule has 1 aromatic heterocycles. The summed E-state index contributed by atoms with van der Waals surface area (Å²) in [6, 6.07) is 8.20. The highest BCUT2D eigenvalue weighted by Gasteiger charge is 2.30. The molecule has 1 heterocycles. The van der Waals surface area contributed by atoms with Gasteiger partial charge in [-0.15, -0.1) is 11.3 Å². The van der Waals surface area contributed by atoms with Crippen molar-refractivity contribution in [2.75, 3.05) is 7.11 Å². The molecule has 0 aliphatic heterocycles. The highest BCUT2D eigenvalue weighted by Crippen LogP contribution is 2.37. The number of benzene rings is 2. The maximum Gasteiger partial charge on any atom is 0.416 e. The van der Waals surface area contributed by atoms with E-state index in [9.17, 15) is 18.0 Å². The minimum atomic E-state index is -4.38. The Morgan fingerprint density at radius 1 is 1.12 bits per heavy atom. The Bertz CT molecular complexity index is 943. The van der Waals surface area contributed by atoms with Gasteiger partial charge in [-0.3, -0.25) is 0 Å². The molecule has 7 heteroatoms. The number of fused-ring (bicyclic) bond motifs is 1. The van der Waals surface area contributed by atoms with Crippen LogP contribution < -0.4 is 4.74 Å². The Morgan fingerprint density at radius 3 is 2.42 bits per heavy atom. The van der Waals surface area contributed by atoms with Gasteiger partial charge in [-0.05, 0) is 47.7 Å². The molecule has 0 saturated carbocycles. The average molecular weight is 380 g/mol. The first-order valence-electron chi connectivity index (χ1n) is 7.69. The van der Waals surface area contributed by atoms with Crippen molar-refractivity contribution < 1.29 is 27.4 Å². The molecule has 0 radical (unpaired) electrons. The van der Waals surface area contributed by atoms with Crippen LogP contribution in [0, 0.1) is 6.92 Å². The molecule has 0 bridgehead atoms. The lowest BCUT2D eigenvalue weighted by atomic mass is 10.1. The van der Waals surface area contributed by atoms with Crippen molar-refractivity contribution in [3.8, 4) is 5.75 Å². The zero-order chi connectivity index (χ0) is 18.9. The van der Waals surface area contributed by atoms with Gasteiger partial charge in [0, 0.05) is 10.1 Å². The largest absolute Gasteiger partial charge is 0.487 e. The Kier molecular flexibility index (Phi) is 4.91. The maximum atomic E-state index is 12.7. The van der Waals surface area contributed by atoms with Gasteiger partial charge in [0.2, 0.25) is 0 Å². The first-order chi connectivity index (χ1) is 12.3. The lowest BCUT2D eigenvalue weighted by Gasteiger charge is -2.13. The monoisotopic (exact) mass is 380 g/mol. The summed E-state index contributed by atoms with van der Waals surface area (Å²) in [6.45, 7) is 1.95. The lowest BCUT2D eigenvalue weighted by molar-refractivity contribution is -0.137. The molecule has 0 aliphatic carbocycles. The standard InChI is InChI=1S/C19H15F3O3S/c1-11-10-26-15-8-7-14(18(23)24-2)17(16(11)15)25-9-12-3-5-13(6-4-12)19(20,21)22/h3-8,10H,9H2,1-2H3. The molecule has 2 aromatic carbocycles. The number of carbonyl (C=O) groups excluding carboxylic acids is 1. The molecule has 0 atom stereocenters. The molecular weight excluding hydrogens is 365 g/mol. The zero-order valence-corrected chi connectivity index (χ0v) is 14.8. The average Bonchev–Trinajstić information content (AvgIpc) is 3.00. The summed E-state index contributed by atoms with van der Waals surface area (Å²) in [5, 5.41) is 2.77. The highest BCUT2D eigenvalue weighted by atomic mass is 32.1. The van der Waals surface area contributed by atoms with E-state index in [-0.39, 0.29) is 12.2 Å². The smallest absolute Gasteiger partial charge is 0.416 e. The summed E-state index contributed by atoms with van der Waals surface area (Å²) in [5.41, 5.74) is 1.09. The molecule has 0 N–H and O–H groups in total. The molecule has 3 nitrogen and oxygen atoms in total. The minimum absolute atomic E-state index is 0.0382. The summed E-state index contributed by atoms with van der Waals surface area (Å²) < 4.78 is 49.6. The van der Waals surface area contributed by atoms with Crippen LogP contribution in [-0.2, 0) is 17.5 Å². The van der Waals surface area contributed by atoms with Gasteiger partial charge in [-0.2, -0.15) is 13.2 Å². The summed E-state index contributed by atoms with van der Waals surface area (Å²) in [4.78, 5) is 12.1. The van der Waals surface area contributed by atoms with E-state index in [4.69, 9.17) is 9.47 Å². The number of thiophene rings is 1. The number of aryl methyl sites for hydroxylation is 1. The van der Waals surface area contributed by atoms with Gasteiger partial charge in [0.1, 0.15) is 17.9 Å². The van der Waals surface area contributed by atoms with E-state index >= 15 is 0 Å². The van der Waals surface area contributed by atoms with Gasteiger partial charge in [-0.1, -0.05) is 12.1 Å². The van der Waals surface area contributed by atoms with Crippen LogP contribution in [0.5, 0.6) is 5.75 Å². The third-order valence-electron chi connectivity index (χ3n) is 3.95. The first kappa shape index (κ1) is 18.3. The van der Waals surface area contributed by atoms with Crippen LogP contribution in [0.15, 0.2) is 41.8 Å². The number of rotatable bonds is 4. The lowest BCUT2D eigenvalue weighted by Crippen LogP contribution is -2.07. The summed E-state index contributed by atoms with van der Waals surface area (Å²) in [6.07, 6.45) is -4.38. The third kappa shape index (κ3) is 3.53. The Labute approximate surface area is 152 Å². The van der Waals surface area contributed by atoms with Crippen LogP contribution in [0.1, 0.15) is 27.0 Å². The molecule has 0 aliphatic rings. The van der Waals surface area contributed by atoms with E-state index in [0.29, 0.717) is 11.3 Å². The van der Waals surface area contributed by atoms with E-state index in [1.807, 2.05) is 18.4 Å². The quantitative estimate of drug-likeness (QED) is 0.553. The van der Waals surface area contributed by atoms with Crippen molar-refractivity contribution in [3.05, 3.63) is 64.0 Å². The van der Waals surface area contributed by atoms with Crippen LogP contribution in [0.3, 0.4) is 0 Å². The second-order valence-electron chi connectivity index (χ2n) is 5.71. The number of hydrogen-bond donors (Lipinski definition) is 0. The Balaban J connectivity index is 1.92. The molecule has 3 aromatic rings. The van der Waals surface area contributed by atoms with Crippen molar-refractivity contribution in [1.82, 2.24) is 0 Å². The summed E-state index contributed by atoms with van der Waals surface area (Å²) >= 11 is 1.53. The fourth-order valence-electron chi connectivity index (χ4n) is 2.61. The van der Waals surface area contributed by atoms with Crippen molar-refractivity contribution in [2.24, 2.45) is 0 Å². The second kappa shape index (κ2) is 6.99. The first-order valence-corrected chi connectivity index (χ1v) is 8.57. The number of methoxy groups -OCH3 is 1. The molecule has 136 valence electrons. The molecule has 0 saturated heterocycles. The Hall–Kier alpha value is -2.54. The fourth-order valence-corrected chi connectivity index (χ4v) is 3.55. The van der Waals surface area contributed by atoms with Crippen molar-refractivity contribution >= 4 is 27.4 Å². The number of esters is 1. The zero-order valence-electron chi connectivity index (χ0n) is 14.0. The van der Waals surface area contributed by atoms with Crippen molar-refractivity contribution in [3.63, 3.8) is 0 Å². The van der Waals surface area contributed by atoms with Crippen LogP contribution in [0.25, 0.3) is 10.1 Å². The molecule has 0 amide bonds. The predicted octanol–water partition coefficient (Wildman–Crippen LogP) is 5.59. The summed E-state index contributed by atoms with van der Waals surface area (Å²) in [7, 11) is 1.28. The molecular formula is C19H15F3O3S. The number of ether oxygens (including phenoxy) is 2. The SMILES string of the molecule is COC(=O)c1ccc2scc(C)c2c1OCc1ccc(C(F)(F)F)cc1. The molecule has 0 spiro atoms. The van der Waals surface area contributed by atoms with Crippen LogP contribution >= 0.6 is 11.3 Å².